The fraction of sp³-hybridized carbons (Fsp3) is 0.867. The molecule has 36 atom stereocenters. The number of ketones is 2. The highest BCUT2D eigenvalue weighted by atomic mass is 16.8. The van der Waals surface area contributed by atoms with Crippen LogP contribution in [0.25, 0.3) is 0 Å². The van der Waals surface area contributed by atoms with Crippen molar-refractivity contribution in [3.8, 4) is 23.7 Å². The van der Waals surface area contributed by atoms with E-state index in [-0.39, 0.29) is 84.2 Å². The summed E-state index contributed by atoms with van der Waals surface area (Å²) in [5, 5.41) is 76.1. The van der Waals surface area contributed by atoms with E-state index in [0.717, 1.165) is 12.8 Å². The van der Waals surface area contributed by atoms with Gasteiger partial charge in [0.2, 0.25) is 23.4 Å². The average Bonchev–Trinajstić information content (AvgIpc) is 1.44. The standard InChI is InChI=1S/C90H144N2O20/c1-21-63(67-33-31-51(7)77(105-67)59(15)73(95)57(13)75(97)65(23-3)79-53(9)49-55(11)87(107-79)41-35-69(93)89(111-87)45-43-83(19,109-89)71-37-39-85(101,25-5)61(17)103-71)81(99)91-47-29-27-28-30-48-92-82(100)64(22-2)68-34-32-52(8)78(106-68)60(16)74(96)58(14)76(98)66(24-4)80-54(10)50-56(12)88(108-80)42-36-70(94)90(112-88)46-44-84(20,110-90)72-38-40-86(102,26-6)62(18)104-72/h35-36,41-42,51-74,77-80,93-96,101-102H,21-26,31-34,37-40,43-50H2,1-20H3,(H,91,99)(H,92,100)/t51-,52-,53-,54-,55+,56+,57-,58-,59-,60-,61-,62-,63+,64+,65-,66-,67+,68+,69+,70+,71+,72+,73+,74+,77+,78+,79-,80-,83-,84-,85+,86+,87-,88-,89-,90-/m0/s1. The van der Waals surface area contributed by atoms with Crippen LogP contribution in [0.3, 0.4) is 0 Å². The molecule has 0 aromatic rings. The first-order valence-electron chi connectivity index (χ1n) is 43.7. The summed E-state index contributed by atoms with van der Waals surface area (Å²) in [5.74, 6) is 0.503. The van der Waals surface area contributed by atoms with Crippen molar-refractivity contribution in [3.05, 3.63) is 24.3 Å². The van der Waals surface area contributed by atoms with Crippen molar-refractivity contribution in [2.24, 2.45) is 82.9 Å². The molecule has 634 valence electrons. The highest BCUT2D eigenvalue weighted by molar-refractivity contribution is 5.85. The number of aliphatic hydroxyl groups is 6. The molecule has 0 saturated carbocycles. The predicted octanol–water partition coefficient (Wildman–Crippen LogP) is 11.5. The third kappa shape index (κ3) is 18.1. The van der Waals surface area contributed by atoms with Crippen molar-refractivity contribution in [1.29, 1.82) is 0 Å². The number of carbonyl (C=O) groups is 4. The van der Waals surface area contributed by atoms with Crippen LogP contribution in [0.15, 0.2) is 24.3 Å². The van der Waals surface area contributed by atoms with Gasteiger partial charge in [0.15, 0.2) is 11.6 Å². The Kier molecular flexibility index (Phi) is 29.5. The lowest BCUT2D eigenvalue weighted by molar-refractivity contribution is -0.409. The van der Waals surface area contributed by atoms with Gasteiger partial charge in [-0.15, -0.1) is 0 Å². The molecule has 10 aliphatic heterocycles. The van der Waals surface area contributed by atoms with Crippen LogP contribution in [0.5, 0.6) is 0 Å². The van der Waals surface area contributed by atoms with E-state index in [9.17, 15) is 49.8 Å². The second-order valence-electron chi connectivity index (χ2n) is 37.2. The predicted molar refractivity (Wildman–Crippen MR) is 424 cm³/mol. The van der Waals surface area contributed by atoms with E-state index in [2.05, 4.69) is 75.9 Å². The number of ether oxygens (including phenoxy) is 10. The van der Waals surface area contributed by atoms with E-state index in [1.807, 2.05) is 83.1 Å². The van der Waals surface area contributed by atoms with E-state index < -0.39 is 166 Å². The lowest BCUT2D eigenvalue weighted by atomic mass is 9.72. The SMILES string of the molecule is CC[C@@H](C(=O)[C@@H](C)[C@@H](O)[C@H](C)[C@@H]1O[C@@H]([C@@H](CC)C(=O)NCC#CC#CCNC(=O)[C@H](CC)[C@H]2CC[C@H](C)[C@H]([C@@H](C)[C@H](O)[C@H](C)C(=O)[C@H](CC)[C@H]3O[C@]4(C=C[C@@H](O)[C@]5(CC[C@@](C)([C@H]6CC[C@](O)(CC)[C@H](C)O6)O5)O4)[C@H](C)C[C@@H]3C)O2)CC[C@@H]1C)[C@H]1O[C@]2(C=C[C@@H](O)[C@]3(CC[C@@](C)([C@H]4CC[C@](O)(CC)[C@H](C)O4)O3)O2)[C@H](C)C[C@@H]1C. The number of hydrogen-bond acceptors (Lipinski definition) is 20. The Morgan fingerprint density at radius 1 is 0.464 bits per heavy atom. The van der Waals surface area contributed by atoms with Gasteiger partial charge in [-0.25, -0.2) is 0 Å². The number of aliphatic hydroxyl groups excluding tert-OH is 4. The normalized spacial score (nSPS) is 44.2. The summed E-state index contributed by atoms with van der Waals surface area (Å²) in [6, 6.07) is 0. The second-order valence-corrected chi connectivity index (χ2v) is 37.2. The van der Waals surface area contributed by atoms with Crippen LogP contribution < -0.4 is 10.6 Å². The summed E-state index contributed by atoms with van der Waals surface area (Å²) in [4.78, 5) is 57.7. The summed E-state index contributed by atoms with van der Waals surface area (Å²) in [6.45, 7) is 39.6. The molecule has 10 heterocycles. The minimum atomic E-state index is -1.42. The molecule has 10 aliphatic rings. The van der Waals surface area contributed by atoms with Crippen molar-refractivity contribution in [1.82, 2.24) is 10.6 Å². The van der Waals surface area contributed by atoms with Crippen LogP contribution in [0, 0.1) is 107 Å². The van der Waals surface area contributed by atoms with E-state index >= 15 is 0 Å². The van der Waals surface area contributed by atoms with Gasteiger partial charge in [-0.05, 0) is 203 Å². The first-order valence-corrected chi connectivity index (χ1v) is 43.7. The zero-order chi connectivity index (χ0) is 82.2. The maximum atomic E-state index is 14.9. The molecule has 0 aromatic carbocycles. The molecule has 0 aliphatic carbocycles. The lowest BCUT2D eigenvalue weighted by Crippen LogP contribution is -2.63. The average molecular weight is 1570 g/mol. The Bertz CT molecular complexity index is 3210. The molecule has 4 spiro atoms. The van der Waals surface area contributed by atoms with Gasteiger partial charge in [-0.1, -0.05) is 123 Å². The molecule has 2 amide bonds. The molecule has 0 bridgehead atoms. The molecule has 0 unspecified atom stereocenters. The van der Waals surface area contributed by atoms with Gasteiger partial charge in [0, 0.05) is 60.2 Å². The molecule has 8 fully saturated rings. The van der Waals surface area contributed by atoms with Crippen molar-refractivity contribution >= 4 is 23.4 Å². The van der Waals surface area contributed by atoms with Gasteiger partial charge in [0.1, 0.15) is 23.8 Å². The molecule has 10 rings (SSSR count). The summed E-state index contributed by atoms with van der Waals surface area (Å²) < 4.78 is 68.6. The number of carbonyl (C=O) groups excluding carboxylic acids is 4. The third-order valence-electron chi connectivity index (χ3n) is 29.9. The molecule has 0 radical (unpaired) electrons. The Labute approximate surface area is 669 Å². The van der Waals surface area contributed by atoms with E-state index in [0.29, 0.717) is 116 Å². The third-order valence-corrected chi connectivity index (χ3v) is 29.9. The van der Waals surface area contributed by atoms with Crippen LogP contribution in [0.1, 0.15) is 267 Å². The molecule has 8 saturated heterocycles. The molecular weight excluding hydrogens is 1430 g/mol. The van der Waals surface area contributed by atoms with Crippen molar-refractivity contribution < 1.29 is 97.2 Å². The Morgan fingerprint density at radius 2 is 0.821 bits per heavy atom. The quantitative estimate of drug-likeness (QED) is 0.0295. The monoisotopic (exact) mass is 1570 g/mol. The van der Waals surface area contributed by atoms with Gasteiger partial charge in [0.25, 0.3) is 0 Å². The molecular formula is C90H144N2O20. The van der Waals surface area contributed by atoms with Crippen LogP contribution in [0.2, 0.25) is 0 Å². The fourth-order valence-electron chi connectivity index (χ4n) is 21.7. The lowest BCUT2D eigenvalue weighted by Gasteiger charge is -2.54. The minimum Gasteiger partial charge on any atom is -0.392 e. The van der Waals surface area contributed by atoms with Crippen molar-refractivity contribution in [3.63, 3.8) is 0 Å². The summed E-state index contributed by atoms with van der Waals surface area (Å²) in [7, 11) is 0. The molecule has 112 heavy (non-hydrogen) atoms. The summed E-state index contributed by atoms with van der Waals surface area (Å²) in [5.41, 5.74) is -3.42. The summed E-state index contributed by atoms with van der Waals surface area (Å²) in [6.07, 6.45) is 9.99. The van der Waals surface area contributed by atoms with Crippen LogP contribution in [-0.2, 0) is 66.5 Å². The number of Topliss-reactive ketones (excluding diaryl/α,β-unsaturated/α-hetero) is 2. The van der Waals surface area contributed by atoms with Crippen LogP contribution in [0.4, 0.5) is 0 Å². The van der Waals surface area contributed by atoms with Gasteiger partial charge in [0.05, 0.1) is 121 Å². The Balaban J connectivity index is 0.675. The molecule has 22 nitrogen and oxygen atoms in total. The maximum Gasteiger partial charge on any atom is 0.226 e. The second kappa shape index (κ2) is 36.4. The Hall–Kier alpha value is -3.76. The minimum absolute atomic E-state index is 0.0387. The molecule has 8 N–H and O–H groups in total. The first kappa shape index (κ1) is 90.6. The first-order chi connectivity index (χ1) is 52.8. The van der Waals surface area contributed by atoms with Gasteiger partial charge in [-0.3, -0.25) is 19.2 Å². The zero-order valence-corrected chi connectivity index (χ0v) is 71.4. The van der Waals surface area contributed by atoms with Gasteiger partial charge >= 0.3 is 0 Å². The van der Waals surface area contributed by atoms with Crippen molar-refractivity contribution in [2.45, 2.75) is 398 Å². The number of amides is 2. The number of rotatable bonds is 26. The van der Waals surface area contributed by atoms with Gasteiger partial charge in [-0.2, -0.15) is 0 Å². The molecule has 22 heteroatoms. The van der Waals surface area contributed by atoms with E-state index in [1.165, 1.54) is 0 Å². The van der Waals surface area contributed by atoms with Crippen LogP contribution >= 0.6 is 0 Å². The summed E-state index contributed by atoms with van der Waals surface area (Å²) >= 11 is 0. The van der Waals surface area contributed by atoms with Gasteiger partial charge < -0.3 is 88.6 Å². The number of nitrogens with one attached hydrogen (secondary N) is 2. The zero-order valence-electron chi connectivity index (χ0n) is 71.4. The van der Waals surface area contributed by atoms with Crippen LogP contribution in [-0.4, -0.2) is 198 Å². The molecule has 0 aromatic heterocycles. The fourth-order valence-corrected chi connectivity index (χ4v) is 21.7. The van der Waals surface area contributed by atoms with E-state index in [1.54, 1.807) is 38.2 Å². The number of hydrogen-bond donors (Lipinski definition) is 8. The Morgan fingerprint density at radius 3 is 1.15 bits per heavy atom. The smallest absolute Gasteiger partial charge is 0.226 e. The highest BCUT2D eigenvalue weighted by Crippen LogP contribution is 2.57. The topological polar surface area (TPSA) is 306 Å². The largest absolute Gasteiger partial charge is 0.392 e. The van der Waals surface area contributed by atoms with Crippen molar-refractivity contribution in [2.75, 3.05) is 13.1 Å². The maximum absolute atomic E-state index is 14.9. The highest BCUT2D eigenvalue weighted by Gasteiger charge is 2.66. The van der Waals surface area contributed by atoms with E-state index in [4.69, 9.17) is 47.4 Å².